The number of thioether (sulfide) groups is 1. The third kappa shape index (κ3) is 5.93. The Morgan fingerprint density at radius 1 is 1.42 bits per heavy atom. The second-order valence-corrected chi connectivity index (χ2v) is 7.48. The van der Waals surface area contributed by atoms with Crippen molar-refractivity contribution in [1.82, 2.24) is 5.32 Å². The standard InChI is InChI=1S/C16H23N3O4S/c1-16(2,3)23-15(22)18-8-11(20)7-17-10-4-5-13-12(6-10)19-14(21)9-24-13/h4-6,11,17,20H,7-9H2,1-3H3,(H,18,22)(H,19,21). The van der Waals surface area contributed by atoms with Gasteiger partial charge in [0.1, 0.15) is 5.60 Å². The van der Waals surface area contributed by atoms with Crippen molar-refractivity contribution in [1.29, 1.82) is 0 Å². The molecule has 0 aliphatic carbocycles. The van der Waals surface area contributed by atoms with Gasteiger partial charge in [-0.2, -0.15) is 0 Å². The zero-order chi connectivity index (χ0) is 17.7. The van der Waals surface area contributed by atoms with Gasteiger partial charge >= 0.3 is 6.09 Å². The summed E-state index contributed by atoms with van der Waals surface area (Å²) >= 11 is 1.50. The average molecular weight is 353 g/mol. The second-order valence-electron chi connectivity index (χ2n) is 6.47. The van der Waals surface area contributed by atoms with Crippen LogP contribution in [0.2, 0.25) is 0 Å². The van der Waals surface area contributed by atoms with Gasteiger partial charge in [-0.05, 0) is 39.0 Å². The molecule has 0 fully saturated rings. The predicted octanol–water partition coefficient (Wildman–Crippen LogP) is 2.03. The van der Waals surface area contributed by atoms with Crippen molar-refractivity contribution in [3.05, 3.63) is 18.2 Å². The summed E-state index contributed by atoms with van der Waals surface area (Å²) in [5, 5.41) is 18.3. The maximum atomic E-state index is 11.5. The molecule has 1 unspecified atom stereocenters. The third-order valence-corrected chi connectivity index (χ3v) is 4.11. The van der Waals surface area contributed by atoms with Gasteiger partial charge in [0, 0.05) is 23.7 Å². The molecule has 1 atom stereocenters. The van der Waals surface area contributed by atoms with Gasteiger partial charge in [0.05, 0.1) is 17.5 Å². The van der Waals surface area contributed by atoms with Gasteiger partial charge in [0.2, 0.25) is 5.91 Å². The molecule has 0 saturated heterocycles. The smallest absolute Gasteiger partial charge is 0.407 e. The number of carbonyl (C=O) groups excluding carboxylic acids is 2. The Bertz CT molecular complexity index is 616. The van der Waals surface area contributed by atoms with Crippen LogP contribution in [0.15, 0.2) is 23.1 Å². The Labute approximate surface area is 145 Å². The van der Waals surface area contributed by atoms with Gasteiger partial charge < -0.3 is 25.8 Å². The SMILES string of the molecule is CC(C)(C)OC(=O)NCC(O)CNc1ccc2c(c1)NC(=O)CS2. The first-order valence-electron chi connectivity index (χ1n) is 7.68. The fraction of sp³-hybridized carbons (Fsp3) is 0.500. The monoisotopic (exact) mass is 353 g/mol. The van der Waals surface area contributed by atoms with Gasteiger partial charge in [0.15, 0.2) is 0 Å². The van der Waals surface area contributed by atoms with E-state index in [1.165, 1.54) is 11.8 Å². The van der Waals surface area contributed by atoms with Crippen molar-refractivity contribution in [2.24, 2.45) is 0 Å². The molecule has 7 nitrogen and oxygen atoms in total. The van der Waals surface area contributed by atoms with Crippen LogP contribution in [0.3, 0.4) is 0 Å². The molecule has 132 valence electrons. The lowest BCUT2D eigenvalue weighted by molar-refractivity contribution is -0.113. The molecule has 2 rings (SSSR count). The van der Waals surface area contributed by atoms with Crippen LogP contribution in [0.5, 0.6) is 0 Å². The van der Waals surface area contributed by atoms with Crippen LogP contribution in [0.4, 0.5) is 16.2 Å². The number of carbonyl (C=O) groups is 2. The fourth-order valence-electron chi connectivity index (χ4n) is 2.02. The molecule has 1 aromatic carbocycles. The zero-order valence-electron chi connectivity index (χ0n) is 14.0. The molecular weight excluding hydrogens is 330 g/mol. The summed E-state index contributed by atoms with van der Waals surface area (Å²) in [6.07, 6.45) is -1.33. The number of benzene rings is 1. The van der Waals surface area contributed by atoms with Crippen LogP contribution in [-0.4, -0.2) is 47.7 Å². The molecule has 8 heteroatoms. The van der Waals surface area contributed by atoms with Crippen molar-refractivity contribution in [3.63, 3.8) is 0 Å². The summed E-state index contributed by atoms with van der Waals surface area (Å²) < 4.78 is 5.10. The van der Waals surface area contributed by atoms with Crippen molar-refractivity contribution in [3.8, 4) is 0 Å². The fourth-order valence-corrected chi connectivity index (χ4v) is 2.80. The number of fused-ring (bicyclic) bond motifs is 1. The van der Waals surface area contributed by atoms with E-state index in [0.29, 0.717) is 5.75 Å². The molecule has 1 aromatic rings. The van der Waals surface area contributed by atoms with Crippen molar-refractivity contribution >= 4 is 35.1 Å². The predicted molar refractivity (Wildman–Crippen MR) is 94.5 cm³/mol. The molecule has 1 aliphatic heterocycles. The van der Waals surface area contributed by atoms with E-state index < -0.39 is 17.8 Å². The minimum Gasteiger partial charge on any atom is -0.444 e. The van der Waals surface area contributed by atoms with Gasteiger partial charge in [-0.1, -0.05) is 0 Å². The maximum absolute atomic E-state index is 11.5. The number of aliphatic hydroxyl groups excluding tert-OH is 1. The highest BCUT2D eigenvalue weighted by molar-refractivity contribution is 8.00. The number of alkyl carbamates (subject to hydrolysis) is 1. The van der Waals surface area contributed by atoms with E-state index in [2.05, 4.69) is 16.0 Å². The van der Waals surface area contributed by atoms with Gasteiger partial charge in [-0.25, -0.2) is 4.79 Å². The first-order chi connectivity index (χ1) is 11.2. The number of nitrogens with one attached hydrogen (secondary N) is 3. The van der Waals surface area contributed by atoms with E-state index in [1.807, 2.05) is 18.2 Å². The Balaban J connectivity index is 1.78. The van der Waals surface area contributed by atoms with E-state index in [0.717, 1.165) is 16.3 Å². The van der Waals surface area contributed by atoms with Crippen LogP contribution < -0.4 is 16.0 Å². The van der Waals surface area contributed by atoms with Crippen LogP contribution >= 0.6 is 11.8 Å². The van der Waals surface area contributed by atoms with Gasteiger partial charge in [-0.15, -0.1) is 11.8 Å². The maximum Gasteiger partial charge on any atom is 0.407 e. The van der Waals surface area contributed by atoms with Gasteiger partial charge in [-0.3, -0.25) is 4.79 Å². The molecule has 0 bridgehead atoms. The minimum atomic E-state index is -0.766. The number of hydrogen-bond donors (Lipinski definition) is 4. The summed E-state index contributed by atoms with van der Waals surface area (Å²) in [5.74, 6) is 0.403. The minimum absolute atomic E-state index is 0.0220. The Morgan fingerprint density at radius 2 is 2.17 bits per heavy atom. The Hall–Kier alpha value is -1.93. The third-order valence-electron chi connectivity index (χ3n) is 3.04. The normalized spacial score (nSPS) is 15.1. The van der Waals surface area contributed by atoms with Crippen LogP contribution in [-0.2, 0) is 9.53 Å². The average Bonchev–Trinajstić information content (AvgIpc) is 2.48. The van der Waals surface area contributed by atoms with Crippen LogP contribution in [0, 0.1) is 0 Å². The second kappa shape index (κ2) is 7.76. The molecule has 0 spiro atoms. The van der Waals surface area contributed by atoms with E-state index in [9.17, 15) is 14.7 Å². The molecule has 24 heavy (non-hydrogen) atoms. The first kappa shape index (κ1) is 18.4. The number of ether oxygens (including phenoxy) is 1. The molecule has 2 amide bonds. The largest absolute Gasteiger partial charge is 0.444 e. The molecule has 0 saturated carbocycles. The van der Waals surface area contributed by atoms with E-state index in [1.54, 1.807) is 20.8 Å². The number of rotatable bonds is 5. The van der Waals surface area contributed by atoms with Crippen LogP contribution in [0.25, 0.3) is 0 Å². The quantitative estimate of drug-likeness (QED) is 0.646. The van der Waals surface area contributed by atoms with Gasteiger partial charge in [0.25, 0.3) is 0 Å². The molecule has 1 heterocycles. The molecular formula is C16H23N3O4S. The summed E-state index contributed by atoms with van der Waals surface area (Å²) in [6.45, 7) is 5.67. The van der Waals surface area contributed by atoms with E-state index in [4.69, 9.17) is 4.74 Å². The molecule has 0 aromatic heterocycles. The lowest BCUT2D eigenvalue weighted by Gasteiger charge is -2.21. The number of aliphatic hydroxyl groups is 1. The van der Waals surface area contributed by atoms with E-state index in [-0.39, 0.29) is 19.0 Å². The zero-order valence-corrected chi connectivity index (χ0v) is 14.8. The molecule has 1 aliphatic rings. The summed E-state index contributed by atoms with van der Waals surface area (Å²) in [6, 6.07) is 5.64. The van der Waals surface area contributed by atoms with E-state index >= 15 is 0 Å². The van der Waals surface area contributed by atoms with Crippen molar-refractivity contribution < 1.29 is 19.4 Å². The highest BCUT2D eigenvalue weighted by Gasteiger charge is 2.17. The first-order valence-corrected chi connectivity index (χ1v) is 8.67. The lowest BCUT2D eigenvalue weighted by Crippen LogP contribution is -2.39. The highest BCUT2D eigenvalue weighted by Crippen LogP contribution is 2.33. The Kier molecular flexibility index (Phi) is 5.95. The number of amides is 2. The number of anilines is 2. The van der Waals surface area contributed by atoms with Crippen molar-refractivity contribution in [2.45, 2.75) is 37.4 Å². The topological polar surface area (TPSA) is 99.7 Å². The molecule has 4 N–H and O–H groups in total. The summed E-state index contributed by atoms with van der Waals surface area (Å²) in [5.41, 5.74) is 0.981. The summed E-state index contributed by atoms with van der Waals surface area (Å²) in [7, 11) is 0. The number of hydrogen-bond acceptors (Lipinski definition) is 6. The lowest BCUT2D eigenvalue weighted by atomic mass is 10.2. The Morgan fingerprint density at radius 3 is 2.88 bits per heavy atom. The summed E-state index contributed by atoms with van der Waals surface area (Å²) in [4.78, 5) is 23.9. The van der Waals surface area contributed by atoms with Crippen LogP contribution in [0.1, 0.15) is 20.8 Å². The van der Waals surface area contributed by atoms with Crippen molar-refractivity contribution in [2.75, 3.05) is 29.5 Å². The molecule has 0 radical (unpaired) electrons. The highest BCUT2D eigenvalue weighted by atomic mass is 32.2.